The number of nitrogens with zero attached hydrogens (tertiary/aromatic N) is 3. The lowest BCUT2D eigenvalue weighted by Crippen LogP contribution is -2.47. The molecule has 10 heteroatoms. The molecule has 1 aromatic heterocycles. The van der Waals surface area contributed by atoms with Crippen molar-refractivity contribution in [2.24, 2.45) is 5.92 Å². The SMILES string of the molecule is CCS(=O)(=O)CCC(NC(=O)C1CCN(c2nc(C)cc(C)n2)CC1)C(=O)O. The number of aryl methyl sites for hydroxylation is 2. The van der Waals surface area contributed by atoms with Gasteiger partial charge in [0.05, 0.1) is 5.75 Å². The molecule has 0 spiro atoms. The summed E-state index contributed by atoms with van der Waals surface area (Å²) in [6, 6.07) is 0.698. The molecule has 156 valence electrons. The third-order valence-corrected chi connectivity index (χ3v) is 6.63. The Labute approximate surface area is 165 Å². The smallest absolute Gasteiger partial charge is 0.326 e. The van der Waals surface area contributed by atoms with Crippen molar-refractivity contribution < 1.29 is 23.1 Å². The average molecular weight is 413 g/mol. The standard InChI is InChI=1S/C18H28N4O5S/c1-4-28(26,27)10-7-15(17(24)25)21-16(23)14-5-8-22(9-6-14)18-19-12(2)11-13(3)20-18/h11,14-15H,4-10H2,1-3H3,(H,21,23)(H,24,25). The van der Waals surface area contributed by atoms with E-state index < -0.39 is 21.8 Å². The van der Waals surface area contributed by atoms with Crippen molar-refractivity contribution in [3.63, 3.8) is 0 Å². The van der Waals surface area contributed by atoms with Crippen molar-refractivity contribution in [1.82, 2.24) is 15.3 Å². The normalized spacial score (nSPS) is 16.6. The molecule has 2 heterocycles. The number of carboxylic acids is 1. The van der Waals surface area contributed by atoms with Crippen LogP contribution in [0.5, 0.6) is 0 Å². The molecule has 0 aromatic carbocycles. The van der Waals surface area contributed by atoms with Gasteiger partial charge in [0.25, 0.3) is 0 Å². The predicted molar refractivity (Wildman–Crippen MR) is 105 cm³/mol. The number of aliphatic carboxylic acids is 1. The monoisotopic (exact) mass is 412 g/mol. The third-order valence-electron chi connectivity index (χ3n) is 4.89. The van der Waals surface area contributed by atoms with Gasteiger partial charge in [-0.25, -0.2) is 23.2 Å². The van der Waals surface area contributed by atoms with E-state index in [4.69, 9.17) is 0 Å². The van der Waals surface area contributed by atoms with E-state index >= 15 is 0 Å². The Kier molecular flexibility index (Phi) is 7.34. The summed E-state index contributed by atoms with van der Waals surface area (Å²) in [5, 5.41) is 11.8. The molecule has 0 radical (unpaired) electrons. The summed E-state index contributed by atoms with van der Waals surface area (Å²) in [6.45, 7) is 6.52. The minimum atomic E-state index is -3.29. The van der Waals surface area contributed by atoms with E-state index in [1.54, 1.807) is 0 Å². The Morgan fingerprint density at radius 3 is 2.32 bits per heavy atom. The fourth-order valence-electron chi connectivity index (χ4n) is 3.18. The van der Waals surface area contributed by atoms with Crippen molar-refractivity contribution >= 4 is 27.7 Å². The Hall–Kier alpha value is -2.23. The predicted octanol–water partition coefficient (Wildman–Crippen LogP) is 0.704. The molecule has 1 saturated heterocycles. The maximum absolute atomic E-state index is 12.5. The Morgan fingerprint density at radius 1 is 1.25 bits per heavy atom. The van der Waals surface area contributed by atoms with E-state index in [9.17, 15) is 23.1 Å². The van der Waals surface area contributed by atoms with Crippen LogP contribution in [0.2, 0.25) is 0 Å². The first kappa shape index (κ1) is 22.1. The molecule has 1 unspecified atom stereocenters. The summed E-state index contributed by atoms with van der Waals surface area (Å²) in [7, 11) is -3.29. The number of aromatic nitrogens is 2. The van der Waals surface area contributed by atoms with Gasteiger partial charge in [0.1, 0.15) is 15.9 Å². The van der Waals surface area contributed by atoms with Crippen LogP contribution >= 0.6 is 0 Å². The van der Waals surface area contributed by atoms with Gasteiger partial charge in [0, 0.05) is 36.1 Å². The van der Waals surface area contributed by atoms with Crippen LogP contribution in [-0.2, 0) is 19.4 Å². The van der Waals surface area contributed by atoms with Crippen LogP contribution < -0.4 is 10.2 Å². The van der Waals surface area contributed by atoms with Crippen LogP contribution in [0.25, 0.3) is 0 Å². The van der Waals surface area contributed by atoms with E-state index in [0.29, 0.717) is 31.9 Å². The van der Waals surface area contributed by atoms with Crippen LogP contribution in [0, 0.1) is 19.8 Å². The number of sulfone groups is 1. The molecule has 0 saturated carbocycles. The number of carbonyl (C=O) groups excluding carboxylic acids is 1. The van der Waals surface area contributed by atoms with Gasteiger partial charge >= 0.3 is 5.97 Å². The molecular formula is C18H28N4O5S. The summed E-state index contributed by atoms with van der Waals surface area (Å²) in [4.78, 5) is 34.8. The van der Waals surface area contributed by atoms with Gasteiger partial charge in [0.15, 0.2) is 0 Å². The molecule has 9 nitrogen and oxygen atoms in total. The molecule has 1 aromatic rings. The van der Waals surface area contributed by atoms with Crippen LogP contribution in [0.1, 0.15) is 37.6 Å². The number of anilines is 1. The molecule has 1 aliphatic rings. The van der Waals surface area contributed by atoms with E-state index in [-0.39, 0.29) is 29.8 Å². The van der Waals surface area contributed by atoms with E-state index in [1.165, 1.54) is 6.92 Å². The highest BCUT2D eigenvalue weighted by atomic mass is 32.2. The fraction of sp³-hybridized carbons (Fsp3) is 0.667. The topological polar surface area (TPSA) is 130 Å². The maximum Gasteiger partial charge on any atom is 0.326 e. The van der Waals surface area contributed by atoms with E-state index in [0.717, 1.165) is 11.4 Å². The Morgan fingerprint density at radius 2 is 1.82 bits per heavy atom. The summed E-state index contributed by atoms with van der Waals surface area (Å²) < 4.78 is 23.2. The molecule has 0 bridgehead atoms. The number of rotatable bonds is 8. The molecule has 2 rings (SSSR count). The quantitative estimate of drug-likeness (QED) is 0.638. The summed E-state index contributed by atoms with van der Waals surface area (Å²) >= 11 is 0. The van der Waals surface area contributed by atoms with Crippen molar-refractivity contribution in [3.05, 3.63) is 17.5 Å². The van der Waals surface area contributed by atoms with Crippen LogP contribution in [0.15, 0.2) is 6.07 Å². The van der Waals surface area contributed by atoms with Crippen molar-refractivity contribution in [2.45, 2.75) is 46.1 Å². The molecule has 1 amide bonds. The highest BCUT2D eigenvalue weighted by Gasteiger charge is 2.30. The van der Waals surface area contributed by atoms with Crippen molar-refractivity contribution in [2.75, 3.05) is 29.5 Å². The minimum Gasteiger partial charge on any atom is -0.480 e. The summed E-state index contributed by atoms with van der Waals surface area (Å²) in [6.07, 6.45) is 0.982. The van der Waals surface area contributed by atoms with Crippen LogP contribution in [0.3, 0.4) is 0 Å². The molecule has 2 N–H and O–H groups in total. The highest BCUT2D eigenvalue weighted by Crippen LogP contribution is 2.21. The van der Waals surface area contributed by atoms with Crippen LogP contribution in [0.4, 0.5) is 5.95 Å². The second-order valence-electron chi connectivity index (χ2n) is 7.14. The number of carbonyl (C=O) groups is 2. The molecule has 1 fully saturated rings. The van der Waals surface area contributed by atoms with Gasteiger partial charge in [-0.15, -0.1) is 0 Å². The van der Waals surface area contributed by atoms with Gasteiger partial charge in [-0.3, -0.25) is 4.79 Å². The Balaban J connectivity index is 1.91. The maximum atomic E-state index is 12.5. The summed E-state index contributed by atoms with van der Waals surface area (Å²) in [5.41, 5.74) is 1.77. The first-order chi connectivity index (χ1) is 13.1. The highest BCUT2D eigenvalue weighted by molar-refractivity contribution is 7.91. The third kappa shape index (κ3) is 6.15. The fourth-order valence-corrected chi connectivity index (χ4v) is 4.06. The van der Waals surface area contributed by atoms with E-state index in [2.05, 4.69) is 15.3 Å². The molecular weight excluding hydrogens is 384 g/mol. The van der Waals surface area contributed by atoms with Gasteiger partial charge < -0.3 is 15.3 Å². The van der Waals surface area contributed by atoms with Gasteiger partial charge in [0.2, 0.25) is 11.9 Å². The second-order valence-corrected chi connectivity index (χ2v) is 9.61. The number of nitrogens with one attached hydrogen (secondary N) is 1. The van der Waals surface area contributed by atoms with Gasteiger partial charge in [-0.2, -0.15) is 0 Å². The average Bonchev–Trinajstić information content (AvgIpc) is 2.64. The molecule has 28 heavy (non-hydrogen) atoms. The second kappa shape index (κ2) is 9.31. The van der Waals surface area contributed by atoms with E-state index in [1.807, 2.05) is 24.8 Å². The zero-order valence-electron chi connectivity index (χ0n) is 16.5. The minimum absolute atomic E-state index is 0.0494. The zero-order valence-corrected chi connectivity index (χ0v) is 17.3. The largest absolute Gasteiger partial charge is 0.480 e. The number of carboxylic acid groups (broad SMARTS) is 1. The number of hydrogen-bond donors (Lipinski definition) is 2. The first-order valence-electron chi connectivity index (χ1n) is 9.42. The first-order valence-corrected chi connectivity index (χ1v) is 11.2. The number of amides is 1. The molecule has 1 aliphatic heterocycles. The Bertz CT molecular complexity index is 799. The lowest BCUT2D eigenvalue weighted by Gasteiger charge is -2.32. The number of piperidine rings is 1. The zero-order chi connectivity index (χ0) is 20.9. The van der Waals surface area contributed by atoms with Gasteiger partial charge in [-0.1, -0.05) is 6.92 Å². The van der Waals surface area contributed by atoms with Crippen molar-refractivity contribution in [3.8, 4) is 0 Å². The lowest BCUT2D eigenvalue weighted by atomic mass is 9.95. The molecule has 1 atom stereocenters. The lowest BCUT2D eigenvalue weighted by molar-refractivity contribution is -0.142. The summed E-state index contributed by atoms with van der Waals surface area (Å²) in [5.74, 6) is -1.55. The number of hydrogen-bond acceptors (Lipinski definition) is 7. The molecule has 0 aliphatic carbocycles. The van der Waals surface area contributed by atoms with Crippen molar-refractivity contribution in [1.29, 1.82) is 0 Å². The van der Waals surface area contributed by atoms with Crippen LogP contribution in [-0.4, -0.2) is 66.0 Å². The van der Waals surface area contributed by atoms with Gasteiger partial charge in [-0.05, 0) is 39.2 Å².